The number of nitrogens with one attached hydrogen (secondary N) is 3. The van der Waals surface area contributed by atoms with Crippen LogP contribution < -0.4 is 20.1 Å². The Kier molecular flexibility index (Phi) is 9.64. The van der Waals surface area contributed by atoms with Gasteiger partial charge in [0.15, 0.2) is 11.6 Å². The Morgan fingerprint density at radius 1 is 1.02 bits per heavy atom. The molecule has 1 aromatic heterocycles. The quantitative estimate of drug-likeness (QED) is 0.192. The monoisotopic (exact) mass is 564 g/mol. The molecule has 0 unspecified atom stereocenters. The Morgan fingerprint density at radius 3 is 2.40 bits per heavy atom. The molecule has 4 rings (SSSR count). The van der Waals surface area contributed by atoms with Gasteiger partial charge in [0, 0.05) is 36.1 Å². The van der Waals surface area contributed by atoms with E-state index in [-0.39, 0.29) is 42.2 Å². The molecule has 0 bridgehead atoms. The molecule has 210 valence electrons. The van der Waals surface area contributed by atoms with E-state index >= 15 is 0 Å². The van der Waals surface area contributed by atoms with E-state index in [1.54, 1.807) is 54.4 Å². The van der Waals surface area contributed by atoms with Crippen LogP contribution in [0.1, 0.15) is 7.43 Å². The zero-order valence-electron chi connectivity index (χ0n) is 21.4. The summed E-state index contributed by atoms with van der Waals surface area (Å²) in [4.78, 5) is 23.1. The van der Waals surface area contributed by atoms with Crippen molar-refractivity contribution in [2.24, 2.45) is 0 Å². The maximum Gasteiger partial charge on any atom is 0.263 e. The lowest BCUT2D eigenvalue weighted by Gasteiger charge is -2.16. The number of anilines is 4. The summed E-state index contributed by atoms with van der Waals surface area (Å²) in [6.07, 6.45) is 1.68. The highest BCUT2D eigenvalue weighted by atomic mass is 32.2. The zero-order chi connectivity index (χ0) is 28.0. The van der Waals surface area contributed by atoms with Crippen LogP contribution >= 0.6 is 0 Å². The molecule has 3 aromatic carbocycles. The number of amides is 1. The van der Waals surface area contributed by atoms with E-state index in [9.17, 15) is 18.3 Å². The fourth-order valence-electron chi connectivity index (χ4n) is 3.73. The smallest absolute Gasteiger partial charge is 0.263 e. The molecule has 0 aliphatic carbocycles. The molecule has 12 heteroatoms. The van der Waals surface area contributed by atoms with Gasteiger partial charge in [-0.3, -0.25) is 14.4 Å². The summed E-state index contributed by atoms with van der Waals surface area (Å²) in [7, 11) is -0.914. The highest BCUT2D eigenvalue weighted by Crippen LogP contribution is 2.31. The molecule has 11 nitrogen and oxygen atoms in total. The van der Waals surface area contributed by atoms with Crippen molar-refractivity contribution < 1.29 is 23.1 Å². The van der Waals surface area contributed by atoms with Crippen LogP contribution in [0.25, 0.3) is 11.0 Å². The number of carbonyl (C=O) groups is 1. The second kappa shape index (κ2) is 12.9. The first kappa shape index (κ1) is 29.9. The molecule has 4 aromatic rings. The van der Waals surface area contributed by atoms with Gasteiger partial charge in [0.05, 0.1) is 29.6 Å². The molecular weight excluding hydrogens is 532 g/mol. The van der Waals surface area contributed by atoms with Crippen molar-refractivity contribution in [1.82, 2.24) is 14.9 Å². The van der Waals surface area contributed by atoms with E-state index in [1.807, 2.05) is 0 Å². The molecule has 0 spiro atoms. The van der Waals surface area contributed by atoms with Crippen molar-refractivity contribution in [2.45, 2.75) is 12.3 Å². The van der Waals surface area contributed by atoms with Gasteiger partial charge in [0.2, 0.25) is 5.91 Å². The van der Waals surface area contributed by atoms with Crippen molar-refractivity contribution >= 4 is 50.0 Å². The van der Waals surface area contributed by atoms with Crippen molar-refractivity contribution in [2.75, 3.05) is 42.6 Å². The van der Waals surface area contributed by atoms with Crippen LogP contribution in [-0.4, -0.2) is 61.5 Å². The summed E-state index contributed by atoms with van der Waals surface area (Å²) in [5.74, 6) is 0.0941. The number of benzene rings is 3. The fourth-order valence-corrected chi connectivity index (χ4v) is 4.78. The average Bonchev–Trinajstić information content (AvgIpc) is 2.88. The number of hydrogen-bond acceptors (Lipinski definition) is 9. The topological polar surface area (TPSA) is 146 Å². The highest BCUT2D eigenvalue weighted by Gasteiger charge is 2.20. The van der Waals surface area contributed by atoms with Crippen LogP contribution in [0.2, 0.25) is 0 Å². The fraction of sp³-hybridized carbons (Fsp3) is 0.179. The van der Waals surface area contributed by atoms with E-state index in [2.05, 4.69) is 31.9 Å². The van der Waals surface area contributed by atoms with Crippen molar-refractivity contribution in [3.05, 3.63) is 79.4 Å². The summed E-state index contributed by atoms with van der Waals surface area (Å²) >= 11 is 0. The van der Waals surface area contributed by atoms with Crippen LogP contribution in [0.15, 0.2) is 84.3 Å². The van der Waals surface area contributed by atoms with Gasteiger partial charge in [-0.1, -0.05) is 31.7 Å². The molecule has 0 aliphatic rings. The molecule has 40 heavy (non-hydrogen) atoms. The van der Waals surface area contributed by atoms with Crippen molar-refractivity contribution in [3.63, 3.8) is 0 Å². The highest BCUT2D eigenvalue weighted by molar-refractivity contribution is 7.92. The SMILES string of the molecule is C.C=CCN(C)CC(=O)Nc1cccc(S(=O)(=O)Nc2nc3ccccc3nc2Nc2cc(O)cc(OC)c2)c1. The number of aromatic nitrogens is 2. The minimum Gasteiger partial charge on any atom is -0.508 e. The molecule has 4 N–H and O–H groups in total. The van der Waals surface area contributed by atoms with Crippen LogP contribution in [0.5, 0.6) is 11.5 Å². The predicted octanol–water partition coefficient (Wildman–Crippen LogP) is 4.58. The van der Waals surface area contributed by atoms with E-state index in [1.165, 1.54) is 37.4 Å². The minimum absolute atomic E-state index is 0. The molecule has 0 saturated carbocycles. The average molecular weight is 565 g/mol. The number of para-hydroxylation sites is 2. The third kappa shape index (κ3) is 7.46. The third-order valence-electron chi connectivity index (χ3n) is 5.47. The molecule has 0 aliphatic heterocycles. The zero-order valence-corrected chi connectivity index (χ0v) is 22.2. The summed E-state index contributed by atoms with van der Waals surface area (Å²) in [6.45, 7) is 4.29. The van der Waals surface area contributed by atoms with Gasteiger partial charge >= 0.3 is 0 Å². The second-order valence-electron chi connectivity index (χ2n) is 8.62. The maximum atomic E-state index is 13.4. The Labute approximate surface area is 233 Å². The van der Waals surface area contributed by atoms with Gasteiger partial charge in [-0.25, -0.2) is 18.4 Å². The number of carbonyl (C=O) groups excluding carboxylic acids is 1. The van der Waals surface area contributed by atoms with Crippen LogP contribution in [0.4, 0.5) is 23.0 Å². The lowest BCUT2D eigenvalue weighted by molar-refractivity contribution is -0.116. The number of sulfonamides is 1. The molecule has 1 heterocycles. The van der Waals surface area contributed by atoms with Gasteiger partial charge in [0.1, 0.15) is 11.5 Å². The number of ether oxygens (including phenoxy) is 1. The minimum atomic E-state index is -4.15. The first-order chi connectivity index (χ1) is 18.7. The molecule has 1 amide bonds. The van der Waals surface area contributed by atoms with Crippen LogP contribution in [0.3, 0.4) is 0 Å². The van der Waals surface area contributed by atoms with E-state index in [4.69, 9.17) is 4.74 Å². The van der Waals surface area contributed by atoms with E-state index < -0.39 is 10.0 Å². The van der Waals surface area contributed by atoms with Gasteiger partial charge in [-0.2, -0.15) is 0 Å². The van der Waals surface area contributed by atoms with Gasteiger partial charge < -0.3 is 20.5 Å². The largest absolute Gasteiger partial charge is 0.508 e. The number of aromatic hydroxyl groups is 1. The Morgan fingerprint density at radius 2 is 1.73 bits per heavy atom. The predicted molar refractivity (Wildman–Crippen MR) is 158 cm³/mol. The normalized spacial score (nSPS) is 11.0. The first-order valence-electron chi connectivity index (χ1n) is 11.8. The number of hydrogen-bond donors (Lipinski definition) is 4. The van der Waals surface area contributed by atoms with Gasteiger partial charge in [-0.05, 0) is 37.4 Å². The van der Waals surface area contributed by atoms with Crippen LogP contribution in [-0.2, 0) is 14.8 Å². The summed E-state index contributed by atoms with van der Waals surface area (Å²) in [5.41, 5.74) is 1.73. The maximum absolute atomic E-state index is 13.4. The van der Waals surface area contributed by atoms with Crippen molar-refractivity contribution in [1.29, 1.82) is 0 Å². The lowest BCUT2D eigenvalue weighted by Crippen LogP contribution is -2.30. The number of fused-ring (bicyclic) bond motifs is 1. The lowest BCUT2D eigenvalue weighted by atomic mass is 10.2. The number of likely N-dealkylation sites (N-methyl/N-ethyl adjacent to an activating group) is 1. The van der Waals surface area contributed by atoms with Gasteiger partial charge in [-0.15, -0.1) is 6.58 Å². The standard InChI is InChI=1S/C27H28N6O5S.CH4/c1-4-12-33(2)17-25(35)28-18-8-7-9-22(15-18)39(36,37)32-27-26(30-23-10-5-6-11-24(23)31-27)29-19-13-20(34)16-21(14-19)38-3;/h4-11,13-16,34H,1,12,17H2,2-3H3,(H,28,35)(H,29,30)(H,31,32);1H4. The van der Waals surface area contributed by atoms with E-state index in [0.29, 0.717) is 34.7 Å². The number of phenols is 1. The Hall–Kier alpha value is -4.68. The molecule has 0 atom stereocenters. The first-order valence-corrected chi connectivity index (χ1v) is 13.3. The van der Waals surface area contributed by atoms with Crippen LogP contribution in [0, 0.1) is 0 Å². The van der Waals surface area contributed by atoms with E-state index in [0.717, 1.165) is 0 Å². The molecule has 0 fully saturated rings. The van der Waals surface area contributed by atoms with Crippen molar-refractivity contribution in [3.8, 4) is 11.5 Å². The molecular formula is C28H32N6O5S. The number of methoxy groups -OCH3 is 1. The number of phenolic OH excluding ortho intramolecular Hbond substituents is 1. The number of rotatable bonds is 11. The Balaban J connectivity index is 0.00000441. The Bertz CT molecular complexity index is 1630. The molecule has 0 radical (unpaired) electrons. The third-order valence-corrected chi connectivity index (χ3v) is 6.81. The summed E-state index contributed by atoms with van der Waals surface area (Å²) in [6, 6.07) is 17.4. The summed E-state index contributed by atoms with van der Waals surface area (Å²) in [5, 5.41) is 15.8. The summed E-state index contributed by atoms with van der Waals surface area (Å²) < 4.78 is 34.5. The molecule has 0 saturated heterocycles. The second-order valence-corrected chi connectivity index (χ2v) is 10.3. The number of nitrogens with zero attached hydrogens (tertiary/aromatic N) is 3. The van der Waals surface area contributed by atoms with Gasteiger partial charge in [0.25, 0.3) is 10.0 Å².